The summed E-state index contributed by atoms with van der Waals surface area (Å²) in [5.41, 5.74) is 6.67. The van der Waals surface area contributed by atoms with Gasteiger partial charge in [0.2, 0.25) is 5.89 Å². The van der Waals surface area contributed by atoms with Crippen LogP contribution >= 0.6 is 0 Å². The van der Waals surface area contributed by atoms with E-state index in [1.54, 1.807) is 24.1 Å². The Kier molecular flexibility index (Phi) is 3.42. The zero-order valence-corrected chi connectivity index (χ0v) is 11.6. The third-order valence-electron chi connectivity index (χ3n) is 2.81. The molecule has 0 bridgehead atoms. The molecular formula is C10H15N5O3S. The van der Waals surface area contributed by atoms with Crippen molar-refractivity contribution in [3.63, 3.8) is 0 Å². The second kappa shape index (κ2) is 4.74. The molecule has 0 aromatic carbocycles. The molecule has 0 radical (unpaired) electrons. The van der Waals surface area contributed by atoms with Crippen molar-refractivity contribution in [3.8, 4) is 0 Å². The minimum Gasteiger partial charge on any atom is -0.337 e. The summed E-state index contributed by atoms with van der Waals surface area (Å²) in [6.45, 7) is 1.50. The summed E-state index contributed by atoms with van der Waals surface area (Å²) in [4.78, 5) is 4.04. The first-order valence-corrected chi connectivity index (χ1v) is 7.51. The van der Waals surface area contributed by atoms with Gasteiger partial charge in [0.15, 0.2) is 15.7 Å². The maximum Gasteiger partial charge on any atom is 0.248 e. The predicted molar refractivity (Wildman–Crippen MR) is 66.8 cm³/mol. The van der Waals surface area contributed by atoms with Gasteiger partial charge in [-0.05, 0) is 6.92 Å². The van der Waals surface area contributed by atoms with Gasteiger partial charge in [-0.15, -0.1) is 0 Å². The topological polar surface area (TPSA) is 117 Å². The number of hydrogen-bond donors (Lipinski definition) is 1. The van der Waals surface area contributed by atoms with Crippen molar-refractivity contribution in [1.82, 2.24) is 19.9 Å². The second-order valence-electron chi connectivity index (χ2n) is 4.39. The van der Waals surface area contributed by atoms with Crippen molar-refractivity contribution in [1.29, 1.82) is 0 Å². The maximum atomic E-state index is 11.4. The lowest BCUT2D eigenvalue weighted by Crippen LogP contribution is -2.13. The number of nitrogens with zero attached hydrogens (tertiary/aromatic N) is 4. The van der Waals surface area contributed by atoms with Gasteiger partial charge in [0.05, 0.1) is 6.20 Å². The minimum atomic E-state index is -3.27. The highest BCUT2D eigenvalue weighted by molar-refractivity contribution is 7.90. The third kappa shape index (κ3) is 2.82. The Balaban J connectivity index is 2.26. The van der Waals surface area contributed by atoms with Crippen molar-refractivity contribution in [2.45, 2.75) is 18.2 Å². The van der Waals surface area contributed by atoms with Gasteiger partial charge in [-0.3, -0.25) is 4.68 Å². The van der Waals surface area contributed by atoms with Crippen molar-refractivity contribution in [2.75, 3.05) is 6.26 Å². The Morgan fingerprint density at radius 2 is 2.16 bits per heavy atom. The molecule has 0 spiro atoms. The number of sulfone groups is 1. The van der Waals surface area contributed by atoms with Crippen molar-refractivity contribution < 1.29 is 12.9 Å². The average molecular weight is 285 g/mol. The molecule has 2 atom stereocenters. The van der Waals surface area contributed by atoms with Crippen LogP contribution in [-0.2, 0) is 16.9 Å². The van der Waals surface area contributed by atoms with Gasteiger partial charge in [0.1, 0.15) is 11.3 Å². The van der Waals surface area contributed by atoms with Crippen LogP contribution in [-0.4, -0.2) is 34.6 Å². The van der Waals surface area contributed by atoms with Crippen LogP contribution in [0.3, 0.4) is 0 Å². The van der Waals surface area contributed by atoms with E-state index in [1.807, 2.05) is 0 Å². The summed E-state index contributed by atoms with van der Waals surface area (Å²) in [5, 5.41) is 6.83. The molecule has 8 nitrogen and oxygen atoms in total. The van der Waals surface area contributed by atoms with Gasteiger partial charge < -0.3 is 10.3 Å². The van der Waals surface area contributed by atoms with E-state index in [9.17, 15) is 8.42 Å². The highest BCUT2D eigenvalue weighted by Crippen LogP contribution is 2.22. The predicted octanol–water partition coefficient (Wildman–Crippen LogP) is -0.0432. The number of hydrogen-bond acceptors (Lipinski definition) is 7. The largest absolute Gasteiger partial charge is 0.337 e. The van der Waals surface area contributed by atoms with E-state index >= 15 is 0 Å². The van der Waals surface area contributed by atoms with E-state index in [-0.39, 0.29) is 11.7 Å². The van der Waals surface area contributed by atoms with Crippen LogP contribution in [0.4, 0.5) is 0 Å². The van der Waals surface area contributed by atoms with Crippen molar-refractivity contribution >= 4 is 9.84 Å². The zero-order chi connectivity index (χ0) is 14.2. The smallest absolute Gasteiger partial charge is 0.248 e. The summed E-state index contributed by atoms with van der Waals surface area (Å²) >= 11 is 0. The molecule has 0 amide bonds. The average Bonchev–Trinajstić information content (AvgIpc) is 2.94. The maximum absolute atomic E-state index is 11.4. The SMILES string of the molecule is CC(c1noc(C(N)c2cnn(C)c2)n1)S(C)(=O)=O. The first-order valence-electron chi connectivity index (χ1n) is 5.55. The Hall–Kier alpha value is -1.74. The standard InChI is InChI=1S/C10H15N5O3S/c1-6(19(3,16)17)9-13-10(18-14-9)8(11)7-4-12-15(2)5-7/h4-6,8H,11H2,1-3H3. The monoisotopic (exact) mass is 285 g/mol. The fourth-order valence-electron chi connectivity index (χ4n) is 1.47. The van der Waals surface area contributed by atoms with Gasteiger partial charge in [0, 0.05) is 25.1 Å². The first kappa shape index (κ1) is 13.7. The summed E-state index contributed by atoms with van der Waals surface area (Å²) in [6, 6.07) is -0.623. The van der Waals surface area contributed by atoms with E-state index in [0.29, 0.717) is 5.56 Å². The Labute approximate surface area is 110 Å². The summed E-state index contributed by atoms with van der Waals surface area (Å²) in [5.74, 6) is 0.273. The van der Waals surface area contributed by atoms with E-state index in [4.69, 9.17) is 10.3 Å². The number of aryl methyl sites for hydroxylation is 1. The van der Waals surface area contributed by atoms with Gasteiger partial charge in [-0.1, -0.05) is 5.16 Å². The number of aromatic nitrogens is 4. The van der Waals surface area contributed by atoms with Gasteiger partial charge in [-0.2, -0.15) is 10.1 Å². The molecule has 2 aromatic rings. The first-order chi connectivity index (χ1) is 8.79. The summed E-state index contributed by atoms with van der Waals surface area (Å²) in [7, 11) is -1.51. The summed E-state index contributed by atoms with van der Waals surface area (Å²) < 4.78 is 29.5. The lowest BCUT2D eigenvalue weighted by Gasteiger charge is -2.03. The molecule has 9 heteroatoms. The van der Waals surface area contributed by atoms with Crippen LogP contribution in [0.15, 0.2) is 16.9 Å². The molecule has 104 valence electrons. The molecule has 19 heavy (non-hydrogen) atoms. The molecule has 0 fully saturated rings. The highest BCUT2D eigenvalue weighted by Gasteiger charge is 2.25. The summed E-state index contributed by atoms with van der Waals surface area (Å²) in [6.07, 6.45) is 4.44. The zero-order valence-electron chi connectivity index (χ0n) is 10.8. The van der Waals surface area contributed by atoms with Crippen LogP contribution < -0.4 is 5.73 Å². The highest BCUT2D eigenvalue weighted by atomic mass is 32.2. The van der Waals surface area contributed by atoms with Crippen LogP contribution in [0, 0.1) is 0 Å². The van der Waals surface area contributed by atoms with E-state index in [2.05, 4.69) is 15.2 Å². The molecule has 0 saturated heterocycles. The molecule has 0 aliphatic rings. The van der Waals surface area contributed by atoms with Crippen molar-refractivity contribution in [2.24, 2.45) is 12.8 Å². The molecule has 0 saturated carbocycles. The normalized spacial score (nSPS) is 15.4. The molecule has 2 heterocycles. The number of rotatable bonds is 4. The molecule has 2 aromatic heterocycles. The van der Waals surface area contributed by atoms with Gasteiger partial charge in [0.25, 0.3) is 0 Å². The van der Waals surface area contributed by atoms with E-state index in [1.165, 1.54) is 6.92 Å². The second-order valence-corrected chi connectivity index (χ2v) is 6.75. The lowest BCUT2D eigenvalue weighted by molar-refractivity contribution is 0.362. The van der Waals surface area contributed by atoms with Crippen LogP contribution in [0.1, 0.15) is 35.5 Å². The fraction of sp³-hybridized carbons (Fsp3) is 0.500. The quantitative estimate of drug-likeness (QED) is 0.837. The number of nitrogens with two attached hydrogens (primary N) is 1. The van der Waals surface area contributed by atoms with Crippen LogP contribution in [0.2, 0.25) is 0 Å². The van der Waals surface area contributed by atoms with Gasteiger partial charge >= 0.3 is 0 Å². The van der Waals surface area contributed by atoms with Crippen LogP contribution in [0.5, 0.6) is 0 Å². The third-order valence-corrected chi connectivity index (χ3v) is 4.31. The lowest BCUT2D eigenvalue weighted by atomic mass is 10.2. The molecule has 0 aliphatic heterocycles. The van der Waals surface area contributed by atoms with E-state index < -0.39 is 21.1 Å². The van der Waals surface area contributed by atoms with E-state index in [0.717, 1.165) is 6.26 Å². The Morgan fingerprint density at radius 1 is 1.47 bits per heavy atom. The molecule has 2 unspecified atom stereocenters. The Bertz CT molecular complexity index is 675. The van der Waals surface area contributed by atoms with Gasteiger partial charge in [-0.25, -0.2) is 8.42 Å². The molecule has 0 aliphatic carbocycles. The Morgan fingerprint density at radius 3 is 2.68 bits per heavy atom. The van der Waals surface area contributed by atoms with Crippen LogP contribution in [0.25, 0.3) is 0 Å². The molecule has 2 N–H and O–H groups in total. The fourth-order valence-corrected chi connectivity index (χ4v) is 1.95. The van der Waals surface area contributed by atoms with Crippen molar-refractivity contribution in [3.05, 3.63) is 29.7 Å². The molecular weight excluding hydrogens is 270 g/mol. The minimum absolute atomic E-state index is 0.108. The molecule has 2 rings (SSSR count).